The predicted molar refractivity (Wildman–Crippen MR) is 81.3 cm³/mol. The molecular weight excluding hydrogens is 266 g/mol. The molecule has 0 aliphatic carbocycles. The third-order valence-electron chi connectivity index (χ3n) is 3.39. The monoisotopic (exact) mass is 289 g/mol. The molecule has 2 rings (SSSR count). The van der Waals surface area contributed by atoms with E-state index in [1.807, 2.05) is 4.40 Å². The fourth-order valence-electron chi connectivity index (χ4n) is 2.75. The molecule has 1 atom stereocenters. The number of nitrogens with zero attached hydrogens (tertiary/aromatic N) is 3. The Kier molecular flexibility index (Phi) is 4.30. The van der Waals surface area contributed by atoms with Gasteiger partial charge in [-0.1, -0.05) is 27.7 Å². The van der Waals surface area contributed by atoms with Gasteiger partial charge in [-0.15, -0.1) is 10.2 Å². The number of aromatic nitrogens is 3. The minimum Gasteiger partial charge on any atom is -0.465 e. The van der Waals surface area contributed by atoms with Crippen LogP contribution < -0.4 is 0 Å². The van der Waals surface area contributed by atoms with Crippen LogP contribution in [0.2, 0.25) is 0 Å². The van der Waals surface area contributed by atoms with Gasteiger partial charge < -0.3 is 4.74 Å². The highest BCUT2D eigenvalue weighted by molar-refractivity contribution is 5.89. The molecule has 1 unspecified atom stereocenters. The number of hydrogen-bond acceptors (Lipinski definition) is 4. The number of ether oxygens (including phenoxy) is 1. The smallest absolute Gasteiger partial charge is 0.339 e. The number of hydrogen-bond donors (Lipinski definition) is 0. The van der Waals surface area contributed by atoms with Gasteiger partial charge in [-0.3, -0.25) is 4.40 Å². The largest absolute Gasteiger partial charge is 0.465 e. The van der Waals surface area contributed by atoms with E-state index < -0.39 is 0 Å². The van der Waals surface area contributed by atoms with E-state index in [1.165, 1.54) is 7.11 Å². The molecule has 0 bridgehead atoms. The van der Waals surface area contributed by atoms with Gasteiger partial charge in [0.1, 0.15) is 5.82 Å². The van der Waals surface area contributed by atoms with Gasteiger partial charge in [0.05, 0.1) is 12.7 Å². The molecule has 21 heavy (non-hydrogen) atoms. The van der Waals surface area contributed by atoms with E-state index in [2.05, 4.69) is 37.9 Å². The molecule has 5 nitrogen and oxygen atoms in total. The van der Waals surface area contributed by atoms with Gasteiger partial charge in [-0.25, -0.2) is 4.79 Å². The maximum Gasteiger partial charge on any atom is 0.339 e. The Hall–Kier alpha value is -1.91. The second-order valence-electron chi connectivity index (χ2n) is 6.83. The van der Waals surface area contributed by atoms with Crippen LogP contribution in [0.5, 0.6) is 0 Å². The molecule has 2 aromatic rings. The predicted octanol–water partition coefficient (Wildman–Crippen LogP) is 3.13. The molecule has 114 valence electrons. The quantitative estimate of drug-likeness (QED) is 0.811. The van der Waals surface area contributed by atoms with Crippen LogP contribution >= 0.6 is 0 Å². The SMILES string of the molecule is COC(=O)c1ccc2nnc(CC(C)CC(C)(C)C)n2c1. The first-order valence-corrected chi connectivity index (χ1v) is 7.22. The average Bonchev–Trinajstić information content (AvgIpc) is 2.78. The van der Waals surface area contributed by atoms with Crippen LogP contribution in [0.4, 0.5) is 0 Å². The number of fused-ring (bicyclic) bond motifs is 1. The first kappa shape index (κ1) is 15.5. The minimum absolute atomic E-state index is 0.289. The van der Waals surface area contributed by atoms with Crippen LogP contribution in [0.3, 0.4) is 0 Å². The summed E-state index contributed by atoms with van der Waals surface area (Å²) in [4.78, 5) is 11.6. The molecule has 0 aromatic carbocycles. The zero-order valence-electron chi connectivity index (χ0n) is 13.4. The summed E-state index contributed by atoms with van der Waals surface area (Å²) >= 11 is 0. The second-order valence-corrected chi connectivity index (χ2v) is 6.83. The molecule has 2 heterocycles. The van der Waals surface area contributed by atoms with Crippen molar-refractivity contribution in [3.63, 3.8) is 0 Å². The molecule has 0 spiro atoms. The van der Waals surface area contributed by atoms with Crippen LogP contribution in [0.1, 0.15) is 50.3 Å². The third-order valence-corrected chi connectivity index (χ3v) is 3.39. The van der Waals surface area contributed by atoms with Crippen molar-refractivity contribution >= 4 is 11.6 Å². The number of esters is 1. The Morgan fingerprint density at radius 1 is 1.33 bits per heavy atom. The number of carbonyl (C=O) groups excluding carboxylic acids is 1. The lowest BCUT2D eigenvalue weighted by Crippen LogP contribution is -2.14. The molecular formula is C16H23N3O2. The standard InChI is InChI=1S/C16H23N3O2/c1-11(9-16(2,3)4)8-14-18-17-13-7-6-12(10-19(13)14)15(20)21-5/h6-7,10-11H,8-9H2,1-5H3. The van der Waals surface area contributed by atoms with E-state index in [-0.39, 0.29) is 11.4 Å². The summed E-state index contributed by atoms with van der Waals surface area (Å²) in [5.41, 5.74) is 1.55. The lowest BCUT2D eigenvalue weighted by Gasteiger charge is -2.22. The molecule has 0 aliphatic heterocycles. The average molecular weight is 289 g/mol. The van der Waals surface area contributed by atoms with E-state index in [4.69, 9.17) is 4.74 Å². The van der Waals surface area contributed by atoms with Gasteiger partial charge in [-0.05, 0) is 29.9 Å². The Labute approximate surface area is 125 Å². The lowest BCUT2D eigenvalue weighted by molar-refractivity contribution is 0.0600. The van der Waals surface area contributed by atoms with Crippen molar-refractivity contribution in [2.75, 3.05) is 7.11 Å². The molecule has 0 amide bonds. The third kappa shape index (κ3) is 3.80. The Morgan fingerprint density at radius 2 is 2.05 bits per heavy atom. The van der Waals surface area contributed by atoms with Crippen LogP contribution in [-0.4, -0.2) is 27.7 Å². The van der Waals surface area contributed by atoms with Gasteiger partial charge >= 0.3 is 5.97 Å². The van der Waals surface area contributed by atoms with Crippen molar-refractivity contribution in [3.8, 4) is 0 Å². The Bertz CT molecular complexity index is 640. The number of methoxy groups -OCH3 is 1. The van der Waals surface area contributed by atoms with Gasteiger partial charge in [0.15, 0.2) is 5.65 Å². The van der Waals surface area contributed by atoms with Crippen molar-refractivity contribution in [1.29, 1.82) is 0 Å². The number of pyridine rings is 1. The first-order chi connectivity index (χ1) is 9.80. The van der Waals surface area contributed by atoms with Crippen molar-refractivity contribution in [2.24, 2.45) is 11.3 Å². The second kappa shape index (κ2) is 5.84. The highest BCUT2D eigenvalue weighted by Gasteiger charge is 2.18. The van der Waals surface area contributed by atoms with Gasteiger partial charge in [0.25, 0.3) is 0 Å². The summed E-state index contributed by atoms with van der Waals surface area (Å²) in [6.07, 6.45) is 3.70. The topological polar surface area (TPSA) is 56.5 Å². The zero-order chi connectivity index (χ0) is 15.6. The summed E-state index contributed by atoms with van der Waals surface area (Å²) in [6.45, 7) is 8.93. The Morgan fingerprint density at radius 3 is 2.67 bits per heavy atom. The number of carbonyl (C=O) groups is 1. The Balaban J connectivity index is 2.26. The van der Waals surface area contributed by atoms with E-state index >= 15 is 0 Å². The summed E-state index contributed by atoms with van der Waals surface area (Å²) in [5, 5.41) is 8.41. The van der Waals surface area contributed by atoms with Gasteiger partial charge in [-0.2, -0.15) is 0 Å². The molecule has 0 aliphatic rings. The van der Waals surface area contributed by atoms with Crippen LogP contribution in [-0.2, 0) is 11.2 Å². The first-order valence-electron chi connectivity index (χ1n) is 7.22. The highest BCUT2D eigenvalue weighted by atomic mass is 16.5. The maximum atomic E-state index is 11.6. The van der Waals surface area contributed by atoms with Crippen LogP contribution in [0.15, 0.2) is 18.3 Å². The normalized spacial score (nSPS) is 13.4. The summed E-state index contributed by atoms with van der Waals surface area (Å²) in [7, 11) is 1.38. The molecule has 0 saturated heterocycles. The van der Waals surface area contributed by atoms with Crippen molar-refractivity contribution in [2.45, 2.75) is 40.5 Å². The van der Waals surface area contributed by atoms with E-state index in [9.17, 15) is 4.79 Å². The fraction of sp³-hybridized carbons (Fsp3) is 0.562. The maximum absolute atomic E-state index is 11.6. The van der Waals surface area contributed by atoms with E-state index in [0.717, 1.165) is 24.3 Å². The zero-order valence-corrected chi connectivity index (χ0v) is 13.4. The van der Waals surface area contributed by atoms with E-state index in [1.54, 1.807) is 18.3 Å². The number of rotatable bonds is 4. The summed E-state index contributed by atoms with van der Waals surface area (Å²) in [5.74, 6) is 1.03. The van der Waals surface area contributed by atoms with Crippen molar-refractivity contribution < 1.29 is 9.53 Å². The molecule has 0 fully saturated rings. The highest BCUT2D eigenvalue weighted by Crippen LogP contribution is 2.26. The summed E-state index contributed by atoms with van der Waals surface area (Å²) in [6, 6.07) is 3.50. The minimum atomic E-state index is -0.348. The molecule has 0 N–H and O–H groups in total. The molecule has 2 aromatic heterocycles. The molecule has 0 saturated carbocycles. The van der Waals surface area contributed by atoms with Crippen molar-refractivity contribution in [3.05, 3.63) is 29.7 Å². The van der Waals surface area contributed by atoms with Crippen molar-refractivity contribution in [1.82, 2.24) is 14.6 Å². The van der Waals surface area contributed by atoms with E-state index in [0.29, 0.717) is 11.5 Å². The van der Waals surface area contributed by atoms with Gasteiger partial charge in [0, 0.05) is 12.6 Å². The molecule has 0 radical (unpaired) electrons. The molecule has 5 heteroatoms. The fourth-order valence-corrected chi connectivity index (χ4v) is 2.75. The lowest BCUT2D eigenvalue weighted by atomic mass is 9.84. The summed E-state index contributed by atoms with van der Waals surface area (Å²) < 4.78 is 6.64. The van der Waals surface area contributed by atoms with Crippen LogP contribution in [0.25, 0.3) is 5.65 Å². The van der Waals surface area contributed by atoms with Crippen LogP contribution in [0, 0.1) is 11.3 Å². The van der Waals surface area contributed by atoms with Gasteiger partial charge in [0.2, 0.25) is 0 Å².